The number of carboxylic acids is 1. The molecule has 0 saturated carbocycles. The van der Waals surface area contributed by atoms with Gasteiger partial charge >= 0.3 is 5.97 Å². The Balaban J connectivity index is 4.37. The summed E-state index contributed by atoms with van der Waals surface area (Å²) >= 11 is 0. The van der Waals surface area contributed by atoms with Crippen molar-refractivity contribution in [2.75, 3.05) is 0 Å². The Morgan fingerprint density at radius 1 is 0.500 bits per heavy atom. The number of carboxylic acid groups (broad SMARTS) is 1. The van der Waals surface area contributed by atoms with Gasteiger partial charge in [0.05, 0.1) is 0 Å². The summed E-state index contributed by atoms with van der Waals surface area (Å²) in [6, 6.07) is 0. The zero-order chi connectivity index (χ0) is 26.5. The van der Waals surface area contributed by atoms with E-state index in [4.69, 9.17) is 5.11 Å². The van der Waals surface area contributed by atoms with Gasteiger partial charge in [-0.1, -0.05) is 181 Å². The summed E-state index contributed by atoms with van der Waals surface area (Å²) in [7, 11) is 0. The summed E-state index contributed by atoms with van der Waals surface area (Å²) in [6.07, 6.45) is 39.0. The summed E-state index contributed by atoms with van der Waals surface area (Å²) in [6.45, 7) is 6.98. The highest BCUT2D eigenvalue weighted by atomic mass is 16.4. The Kier molecular flexibility index (Phi) is 28.1. The zero-order valence-corrected chi connectivity index (χ0v) is 25.0. The molecule has 2 heteroatoms. The molecule has 1 N–H and O–H groups in total. The molecule has 0 rings (SSSR count). The van der Waals surface area contributed by atoms with E-state index in [-0.39, 0.29) is 0 Å². The Morgan fingerprint density at radius 2 is 0.861 bits per heavy atom. The summed E-state index contributed by atoms with van der Waals surface area (Å²) in [5, 5.41) is 8.75. The standard InChI is InChI=1S/C34H66O2/c1-4-7-9-11-13-14-15-17-20-23-28-32(27-6-3)33(29-24-19-16-12-10-8-5-2)30-25-21-18-22-26-31-34(35)36/h26,31-33H,4-25,27-30H2,1-3H3,(H,35,36). The van der Waals surface area contributed by atoms with Crippen LogP contribution in [0.1, 0.15) is 188 Å². The minimum absolute atomic E-state index is 0.820. The van der Waals surface area contributed by atoms with Crippen molar-refractivity contribution in [3.05, 3.63) is 12.2 Å². The average molecular weight is 507 g/mol. The van der Waals surface area contributed by atoms with E-state index in [0.29, 0.717) is 0 Å². The predicted molar refractivity (Wildman–Crippen MR) is 161 cm³/mol. The van der Waals surface area contributed by atoms with E-state index in [1.807, 2.05) is 6.08 Å². The lowest BCUT2D eigenvalue weighted by molar-refractivity contribution is -0.131. The fraction of sp³-hybridized carbons (Fsp3) is 0.912. The van der Waals surface area contributed by atoms with Crippen LogP contribution >= 0.6 is 0 Å². The number of allylic oxidation sites excluding steroid dienone is 1. The van der Waals surface area contributed by atoms with Crippen LogP contribution in [-0.4, -0.2) is 11.1 Å². The van der Waals surface area contributed by atoms with Crippen molar-refractivity contribution in [2.24, 2.45) is 11.8 Å². The van der Waals surface area contributed by atoms with Crippen LogP contribution in [0.25, 0.3) is 0 Å². The first-order valence-electron chi connectivity index (χ1n) is 16.5. The van der Waals surface area contributed by atoms with Gasteiger partial charge < -0.3 is 5.11 Å². The Hall–Kier alpha value is -0.790. The Bertz CT molecular complexity index is 470. The molecule has 0 heterocycles. The number of rotatable bonds is 29. The topological polar surface area (TPSA) is 37.3 Å². The van der Waals surface area contributed by atoms with Crippen LogP contribution in [-0.2, 0) is 4.79 Å². The largest absolute Gasteiger partial charge is 0.478 e. The highest BCUT2D eigenvalue weighted by molar-refractivity contribution is 5.79. The van der Waals surface area contributed by atoms with Crippen molar-refractivity contribution in [1.82, 2.24) is 0 Å². The van der Waals surface area contributed by atoms with E-state index in [2.05, 4.69) is 20.8 Å². The highest BCUT2D eigenvalue weighted by Crippen LogP contribution is 2.33. The quantitative estimate of drug-likeness (QED) is 0.0808. The lowest BCUT2D eigenvalue weighted by Gasteiger charge is -2.28. The molecule has 0 aliphatic carbocycles. The molecule has 0 spiro atoms. The van der Waals surface area contributed by atoms with Gasteiger partial charge in [0, 0.05) is 6.08 Å². The molecule has 36 heavy (non-hydrogen) atoms. The molecular weight excluding hydrogens is 440 g/mol. The fourth-order valence-electron chi connectivity index (χ4n) is 5.89. The van der Waals surface area contributed by atoms with E-state index in [9.17, 15) is 4.79 Å². The molecule has 0 amide bonds. The molecular formula is C34H66O2. The maximum Gasteiger partial charge on any atom is 0.327 e. The number of hydrogen-bond donors (Lipinski definition) is 1. The maximum atomic E-state index is 10.6. The Labute approximate surface area is 227 Å². The van der Waals surface area contributed by atoms with Gasteiger partial charge in [0.2, 0.25) is 0 Å². The molecule has 2 atom stereocenters. The minimum atomic E-state index is -0.820. The van der Waals surface area contributed by atoms with Crippen LogP contribution in [0.3, 0.4) is 0 Å². The smallest absolute Gasteiger partial charge is 0.327 e. The van der Waals surface area contributed by atoms with Crippen molar-refractivity contribution in [3.8, 4) is 0 Å². The van der Waals surface area contributed by atoms with E-state index in [1.165, 1.54) is 160 Å². The third kappa shape index (κ3) is 24.9. The molecule has 0 aromatic rings. The first-order chi connectivity index (χ1) is 17.7. The third-order valence-electron chi connectivity index (χ3n) is 8.14. The van der Waals surface area contributed by atoms with Gasteiger partial charge in [0.15, 0.2) is 0 Å². The molecule has 0 aromatic heterocycles. The highest BCUT2D eigenvalue weighted by Gasteiger charge is 2.20. The van der Waals surface area contributed by atoms with Crippen molar-refractivity contribution in [2.45, 2.75) is 188 Å². The number of unbranched alkanes of at least 4 members (excludes halogenated alkanes) is 18. The maximum absolute atomic E-state index is 10.6. The summed E-state index contributed by atoms with van der Waals surface area (Å²) in [4.78, 5) is 10.6. The number of hydrogen-bond acceptors (Lipinski definition) is 1. The second-order valence-electron chi connectivity index (χ2n) is 11.6. The van der Waals surface area contributed by atoms with Crippen molar-refractivity contribution >= 4 is 5.97 Å². The van der Waals surface area contributed by atoms with E-state index in [1.54, 1.807) is 0 Å². The average Bonchev–Trinajstić information content (AvgIpc) is 2.86. The van der Waals surface area contributed by atoms with Crippen LogP contribution in [0.4, 0.5) is 0 Å². The van der Waals surface area contributed by atoms with Crippen LogP contribution < -0.4 is 0 Å². The van der Waals surface area contributed by atoms with Gasteiger partial charge in [-0.15, -0.1) is 0 Å². The van der Waals surface area contributed by atoms with Crippen molar-refractivity contribution in [3.63, 3.8) is 0 Å². The molecule has 0 radical (unpaired) electrons. The Morgan fingerprint density at radius 3 is 1.25 bits per heavy atom. The molecule has 0 aliphatic rings. The van der Waals surface area contributed by atoms with Crippen LogP contribution in [0, 0.1) is 11.8 Å². The predicted octanol–water partition coefficient (Wildman–Crippen LogP) is 12.1. The lowest BCUT2D eigenvalue weighted by atomic mass is 9.78. The van der Waals surface area contributed by atoms with E-state index in [0.717, 1.165) is 24.7 Å². The van der Waals surface area contributed by atoms with Gasteiger partial charge in [-0.3, -0.25) is 0 Å². The van der Waals surface area contributed by atoms with Gasteiger partial charge in [-0.05, 0) is 24.7 Å². The summed E-state index contributed by atoms with van der Waals surface area (Å²) in [5.41, 5.74) is 0. The second kappa shape index (κ2) is 28.8. The number of aliphatic carboxylic acids is 1. The molecule has 0 fully saturated rings. The van der Waals surface area contributed by atoms with Crippen LogP contribution in [0.2, 0.25) is 0 Å². The van der Waals surface area contributed by atoms with Gasteiger partial charge in [-0.2, -0.15) is 0 Å². The first kappa shape index (κ1) is 35.2. The van der Waals surface area contributed by atoms with Crippen molar-refractivity contribution in [1.29, 1.82) is 0 Å². The van der Waals surface area contributed by atoms with E-state index >= 15 is 0 Å². The molecule has 2 unspecified atom stereocenters. The molecule has 0 aliphatic heterocycles. The molecule has 214 valence electrons. The SMILES string of the molecule is CCCCCCCCCCCCC(CCC)C(CCCCCC=CC(=O)O)CCCCCCCCC. The van der Waals surface area contributed by atoms with Gasteiger partial charge in [0.1, 0.15) is 0 Å². The lowest BCUT2D eigenvalue weighted by Crippen LogP contribution is -2.15. The zero-order valence-electron chi connectivity index (χ0n) is 25.0. The van der Waals surface area contributed by atoms with Crippen LogP contribution in [0.15, 0.2) is 12.2 Å². The molecule has 2 nitrogen and oxygen atoms in total. The molecule has 0 bridgehead atoms. The molecule has 0 aromatic carbocycles. The number of carbonyl (C=O) groups is 1. The van der Waals surface area contributed by atoms with Crippen LogP contribution in [0.5, 0.6) is 0 Å². The normalized spacial score (nSPS) is 13.4. The van der Waals surface area contributed by atoms with Gasteiger partial charge in [-0.25, -0.2) is 4.79 Å². The first-order valence-corrected chi connectivity index (χ1v) is 16.5. The minimum Gasteiger partial charge on any atom is -0.478 e. The summed E-state index contributed by atoms with van der Waals surface area (Å²) < 4.78 is 0. The van der Waals surface area contributed by atoms with E-state index < -0.39 is 5.97 Å². The third-order valence-corrected chi connectivity index (χ3v) is 8.14. The van der Waals surface area contributed by atoms with Gasteiger partial charge in [0.25, 0.3) is 0 Å². The molecule has 0 saturated heterocycles. The fourth-order valence-corrected chi connectivity index (χ4v) is 5.89. The summed E-state index contributed by atoms with van der Waals surface area (Å²) in [5.74, 6) is 1.02. The van der Waals surface area contributed by atoms with Crippen molar-refractivity contribution < 1.29 is 9.90 Å². The second-order valence-corrected chi connectivity index (χ2v) is 11.6. The monoisotopic (exact) mass is 507 g/mol.